The van der Waals surface area contributed by atoms with E-state index in [0.29, 0.717) is 12.8 Å². The summed E-state index contributed by atoms with van der Waals surface area (Å²) in [6.45, 7) is 0. The van der Waals surface area contributed by atoms with E-state index in [-0.39, 0.29) is 18.0 Å². The first-order valence-electron chi connectivity index (χ1n) is 6.60. The Bertz CT molecular complexity index is 567. The molecule has 2 N–H and O–H groups in total. The van der Waals surface area contributed by atoms with Gasteiger partial charge in [0.2, 0.25) is 0 Å². The maximum absolute atomic E-state index is 11.2. The van der Waals surface area contributed by atoms with Crippen molar-refractivity contribution >= 4 is 17.6 Å². The predicted molar refractivity (Wildman–Crippen MR) is 71.9 cm³/mol. The molecule has 21 heavy (non-hydrogen) atoms. The Kier molecular flexibility index (Phi) is 4.21. The van der Waals surface area contributed by atoms with Crippen LogP contribution in [0.15, 0.2) is 24.3 Å². The zero-order chi connectivity index (χ0) is 15.6. The summed E-state index contributed by atoms with van der Waals surface area (Å²) in [6.07, 6.45) is 1.11. The summed E-state index contributed by atoms with van der Waals surface area (Å²) < 4.78 is 0. The molecule has 0 amide bonds. The highest BCUT2D eigenvalue weighted by Gasteiger charge is 2.39. The predicted octanol–water partition coefficient (Wildman–Crippen LogP) is 2.26. The fourth-order valence-corrected chi connectivity index (χ4v) is 2.91. The number of hydrogen-bond acceptors (Lipinski definition) is 4. The molecule has 7 heteroatoms. The van der Waals surface area contributed by atoms with Crippen LogP contribution in [0.25, 0.3) is 0 Å². The second-order valence-corrected chi connectivity index (χ2v) is 5.25. The molecule has 3 atom stereocenters. The fourth-order valence-electron chi connectivity index (χ4n) is 2.91. The van der Waals surface area contributed by atoms with Gasteiger partial charge in [-0.2, -0.15) is 0 Å². The molecular formula is C14H15NO6. The smallest absolute Gasteiger partial charge is 0.307 e. The highest BCUT2D eigenvalue weighted by atomic mass is 16.6. The minimum Gasteiger partial charge on any atom is -0.481 e. The van der Waals surface area contributed by atoms with Crippen LogP contribution >= 0.6 is 0 Å². The Hall–Kier alpha value is -2.44. The van der Waals surface area contributed by atoms with E-state index in [4.69, 9.17) is 5.11 Å². The average molecular weight is 293 g/mol. The lowest BCUT2D eigenvalue weighted by molar-refractivity contribution is -0.384. The summed E-state index contributed by atoms with van der Waals surface area (Å²) in [5.41, 5.74) is 0.795. The van der Waals surface area contributed by atoms with Gasteiger partial charge < -0.3 is 10.2 Å². The number of nitro benzene ring substituents is 1. The zero-order valence-electron chi connectivity index (χ0n) is 11.1. The molecule has 1 fully saturated rings. The molecule has 0 radical (unpaired) electrons. The number of nitro groups is 1. The summed E-state index contributed by atoms with van der Waals surface area (Å²) in [7, 11) is 0. The molecule has 1 aliphatic carbocycles. The third kappa shape index (κ3) is 3.18. The van der Waals surface area contributed by atoms with Crippen LogP contribution in [0.4, 0.5) is 5.69 Å². The van der Waals surface area contributed by atoms with Crippen molar-refractivity contribution in [1.29, 1.82) is 0 Å². The number of nitrogens with zero attached hydrogens (tertiary/aromatic N) is 1. The largest absolute Gasteiger partial charge is 0.481 e. The van der Waals surface area contributed by atoms with Crippen molar-refractivity contribution in [1.82, 2.24) is 0 Å². The van der Waals surface area contributed by atoms with E-state index in [1.807, 2.05) is 0 Å². The SMILES string of the molecule is O=C(O)[C@H]1CC[C@@H](c2ccc([N+](=O)[O-])cc2)C[C@H]1C(=O)O. The number of hydrogen-bond donors (Lipinski definition) is 2. The van der Waals surface area contributed by atoms with Crippen LogP contribution in [-0.2, 0) is 9.59 Å². The highest BCUT2D eigenvalue weighted by molar-refractivity contribution is 5.80. The van der Waals surface area contributed by atoms with Gasteiger partial charge in [-0.15, -0.1) is 0 Å². The third-order valence-corrected chi connectivity index (χ3v) is 4.06. The van der Waals surface area contributed by atoms with E-state index in [2.05, 4.69) is 0 Å². The molecule has 0 saturated heterocycles. The standard InChI is InChI=1S/C14H15NO6/c16-13(17)11-6-3-9(7-12(11)14(18)19)8-1-4-10(5-2-8)15(20)21/h1-2,4-5,9,11-12H,3,6-7H2,(H,16,17)(H,18,19)/t9-,11+,12-/m1/s1. The van der Waals surface area contributed by atoms with Crippen molar-refractivity contribution in [2.45, 2.75) is 25.2 Å². The first-order chi connectivity index (χ1) is 9.90. The number of carboxylic acids is 2. The van der Waals surface area contributed by atoms with Gasteiger partial charge in [-0.3, -0.25) is 19.7 Å². The molecule has 7 nitrogen and oxygen atoms in total. The van der Waals surface area contributed by atoms with Gasteiger partial charge in [0, 0.05) is 12.1 Å². The summed E-state index contributed by atoms with van der Waals surface area (Å²) in [5, 5.41) is 28.9. The van der Waals surface area contributed by atoms with Crippen molar-refractivity contribution in [2.75, 3.05) is 0 Å². The Labute approximate surface area is 120 Å². The van der Waals surface area contributed by atoms with Gasteiger partial charge in [0.05, 0.1) is 16.8 Å². The molecule has 0 spiro atoms. The maximum Gasteiger partial charge on any atom is 0.307 e. The number of carboxylic acid groups (broad SMARTS) is 2. The van der Waals surface area contributed by atoms with Crippen LogP contribution in [0.5, 0.6) is 0 Å². The van der Waals surface area contributed by atoms with E-state index in [1.165, 1.54) is 12.1 Å². The van der Waals surface area contributed by atoms with Crippen LogP contribution in [0.2, 0.25) is 0 Å². The molecule has 0 unspecified atom stereocenters. The molecule has 0 aromatic heterocycles. The lowest BCUT2D eigenvalue weighted by atomic mass is 9.72. The van der Waals surface area contributed by atoms with E-state index in [0.717, 1.165) is 5.56 Å². The van der Waals surface area contributed by atoms with Gasteiger partial charge in [-0.25, -0.2) is 0 Å². The summed E-state index contributed by atoms with van der Waals surface area (Å²) in [6, 6.07) is 5.99. The monoisotopic (exact) mass is 293 g/mol. The Morgan fingerprint density at radius 2 is 1.62 bits per heavy atom. The van der Waals surface area contributed by atoms with Crippen LogP contribution in [-0.4, -0.2) is 27.1 Å². The molecule has 0 bridgehead atoms. The molecule has 1 aromatic carbocycles. The summed E-state index contributed by atoms with van der Waals surface area (Å²) in [5.74, 6) is -4.05. The van der Waals surface area contributed by atoms with Crippen molar-refractivity contribution in [3.63, 3.8) is 0 Å². The molecule has 1 aliphatic rings. The van der Waals surface area contributed by atoms with Crippen LogP contribution < -0.4 is 0 Å². The number of non-ortho nitro benzene ring substituents is 1. The average Bonchev–Trinajstić information content (AvgIpc) is 2.46. The second-order valence-electron chi connectivity index (χ2n) is 5.25. The quantitative estimate of drug-likeness (QED) is 0.649. The molecule has 0 aliphatic heterocycles. The normalized spacial score (nSPS) is 25.2. The van der Waals surface area contributed by atoms with Crippen LogP contribution in [0.1, 0.15) is 30.7 Å². The van der Waals surface area contributed by atoms with E-state index in [1.54, 1.807) is 12.1 Å². The highest BCUT2D eigenvalue weighted by Crippen LogP contribution is 2.40. The molecule has 2 rings (SSSR count). The van der Waals surface area contributed by atoms with Crippen molar-refractivity contribution in [2.24, 2.45) is 11.8 Å². The summed E-state index contributed by atoms with van der Waals surface area (Å²) in [4.78, 5) is 32.4. The molecule has 1 saturated carbocycles. The van der Waals surface area contributed by atoms with Gasteiger partial charge in [0.25, 0.3) is 5.69 Å². The number of aliphatic carboxylic acids is 2. The number of benzene rings is 1. The first kappa shape index (κ1) is 15.0. The van der Waals surface area contributed by atoms with Gasteiger partial charge in [0.15, 0.2) is 0 Å². The minimum absolute atomic E-state index is 0.0206. The second kappa shape index (κ2) is 5.90. The lowest BCUT2D eigenvalue weighted by Crippen LogP contribution is -2.35. The Balaban J connectivity index is 2.17. The molecule has 112 valence electrons. The van der Waals surface area contributed by atoms with Gasteiger partial charge >= 0.3 is 11.9 Å². The topological polar surface area (TPSA) is 118 Å². The van der Waals surface area contributed by atoms with Gasteiger partial charge in [0.1, 0.15) is 0 Å². The minimum atomic E-state index is -1.10. The third-order valence-electron chi connectivity index (χ3n) is 4.06. The van der Waals surface area contributed by atoms with Crippen molar-refractivity contribution in [3.8, 4) is 0 Å². The van der Waals surface area contributed by atoms with Gasteiger partial charge in [-0.05, 0) is 30.7 Å². The maximum atomic E-state index is 11.2. The molecule has 1 aromatic rings. The van der Waals surface area contributed by atoms with Crippen molar-refractivity contribution in [3.05, 3.63) is 39.9 Å². The first-order valence-corrected chi connectivity index (χ1v) is 6.60. The van der Waals surface area contributed by atoms with Gasteiger partial charge in [-0.1, -0.05) is 12.1 Å². The lowest BCUT2D eigenvalue weighted by Gasteiger charge is -2.31. The Morgan fingerprint density at radius 1 is 1.05 bits per heavy atom. The zero-order valence-corrected chi connectivity index (χ0v) is 11.1. The van der Waals surface area contributed by atoms with Crippen LogP contribution in [0, 0.1) is 22.0 Å². The van der Waals surface area contributed by atoms with E-state index < -0.39 is 28.7 Å². The Morgan fingerprint density at radius 3 is 2.10 bits per heavy atom. The molecular weight excluding hydrogens is 278 g/mol. The number of rotatable bonds is 4. The summed E-state index contributed by atoms with van der Waals surface area (Å²) >= 11 is 0. The fraction of sp³-hybridized carbons (Fsp3) is 0.429. The van der Waals surface area contributed by atoms with Crippen molar-refractivity contribution < 1.29 is 24.7 Å². The number of carbonyl (C=O) groups is 2. The van der Waals surface area contributed by atoms with E-state index in [9.17, 15) is 24.8 Å². The molecule has 0 heterocycles. The van der Waals surface area contributed by atoms with Crippen LogP contribution in [0.3, 0.4) is 0 Å². The van der Waals surface area contributed by atoms with E-state index >= 15 is 0 Å².